The van der Waals surface area contributed by atoms with Crippen molar-refractivity contribution in [3.63, 3.8) is 0 Å². The Labute approximate surface area is 179 Å². The van der Waals surface area contributed by atoms with E-state index < -0.39 is 11.6 Å². The highest BCUT2D eigenvalue weighted by atomic mass is 19.1. The number of ketones is 1. The van der Waals surface area contributed by atoms with Crippen LogP contribution in [0.3, 0.4) is 0 Å². The van der Waals surface area contributed by atoms with Gasteiger partial charge in [-0.25, -0.2) is 9.37 Å². The zero-order valence-corrected chi connectivity index (χ0v) is 17.6. The van der Waals surface area contributed by atoms with Crippen LogP contribution >= 0.6 is 0 Å². The van der Waals surface area contributed by atoms with Crippen LogP contribution < -0.4 is 5.32 Å². The zero-order chi connectivity index (χ0) is 22.1. The fourth-order valence-electron chi connectivity index (χ4n) is 3.87. The van der Waals surface area contributed by atoms with Crippen LogP contribution in [0, 0.1) is 26.6 Å². The summed E-state index contributed by atoms with van der Waals surface area (Å²) >= 11 is 0. The number of nitrogens with one attached hydrogen (secondary N) is 1. The average Bonchev–Trinajstić information content (AvgIpc) is 3.08. The molecule has 1 aromatic heterocycles. The van der Waals surface area contributed by atoms with Crippen molar-refractivity contribution in [3.8, 4) is 0 Å². The average molecular weight is 415 g/mol. The Bertz CT molecular complexity index is 1300. The highest BCUT2D eigenvalue weighted by molar-refractivity contribution is 6.08. The molecule has 6 heteroatoms. The van der Waals surface area contributed by atoms with E-state index in [9.17, 15) is 14.0 Å². The highest BCUT2D eigenvalue weighted by Crippen LogP contribution is 2.23. The molecule has 31 heavy (non-hydrogen) atoms. The summed E-state index contributed by atoms with van der Waals surface area (Å²) in [6.07, 6.45) is 0. The van der Waals surface area contributed by atoms with Gasteiger partial charge in [0.05, 0.1) is 11.0 Å². The fraction of sp³-hybridized carbons (Fsp3) is 0.160. The van der Waals surface area contributed by atoms with Crippen LogP contribution in [0.4, 0.5) is 10.1 Å². The van der Waals surface area contributed by atoms with Crippen molar-refractivity contribution >= 4 is 28.4 Å². The molecule has 1 amide bonds. The van der Waals surface area contributed by atoms with Gasteiger partial charge in [0.1, 0.15) is 12.4 Å². The van der Waals surface area contributed by atoms with E-state index in [1.54, 1.807) is 16.7 Å². The Morgan fingerprint density at radius 2 is 1.68 bits per heavy atom. The van der Waals surface area contributed by atoms with Crippen molar-refractivity contribution in [2.45, 2.75) is 27.3 Å². The number of para-hydroxylation sites is 2. The molecule has 0 aliphatic carbocycles. The Morgan fingerprint density at radius 1 is 0.968 bits per heavy atom. The van der Waals surface area contributed by atoms with E-state index in [0.717, 1.165) is 22.4 Å². The van der Waals surface area contributed by atoms with E-state index in [4.69, 9.17) is 0 Å². The van der Waals surface area contributed by atoms with Crippen LogP contribution in [0.2, 0.25) is 0 Å². The van der Waals surface area contributed by atoms with Crippen LogP contribution in [0.5, 0.6) is 0 Å². The number of amides is 1. The topological polar surface area (TPSA) is 64.0 Å². The van der Waals surface area contributed by atoms with Crippen molar-refractivity contribution in [1.29, 1.82) is 0 Å². The Morgan fingerprint density at radius 3 is 2.39 bits per heavy atom. The summed E-state index contributed by atoms with van der Waals surface area (Å²) < 4.78 is 15.2. The lowest BCUT2D eigenvalue weighted by Crippen LogP contribution is -2.23. The lowest BCUT2D eigenvalue weighted by atomic mass is 10.1. The molecule has 0 aliphatic rings. The number of nitrogens with zero attached hydrogens (tertiary/aromatic N) is 2. The quantitative estimate of drug-likeness (QED) is 0.468. The maximum Gasteiger partial charge on any atom is 0.244 e. The predicted octanol–water partition coefficient (Wildman–Crippen LogP) is 4.97. The summed E-state index contributed by atoms with van der Waals surface area (Å²) in [5.74, 6) is -1.12. The maximum atomic E-state index is 13.7. The molecule has 5 nitrogen and oxygen atoms in total. The minimum Gasteiger partial charge on any atom is -0.324 e. The van der Waals surface area contributed by atoms with E-state index >= 15 is 0 Å². The number of halogens is 1. The number of aromatic nitrogens is 2. The maximum absolute atomic E-state index is 13.7. The van der Waals surface area contributed by atoms with Gasteiger partial charge in [-0.05, 0) is 56.2 Å². The van der Waals surface area contributed by atoms with Crippen molar-refractivity contribution in [1.82, 2.24) is 9.55 Å². The number of aryl methyl sites for hydroxylation is 3. The van der Waals surface area contributed by atoms with Crippen molar-refractivity contribution in [2.75, 3.05) is 5.32 Å². The second kappa shape index (κ2) is 8.14. The van der Waals surface area contributed by atoms with Gasteiger partial charge in [0, 0.05) is 11.3 Å². The van der Waals surface area contributed by atoms with Crippen LogP contribution in [0.1, 0.15) is 32.9 Å². The number of rotatable bonds is 5. The van der Waals surface area contributed by atoms with E-state index in [1.807, 2.05) is 45.0 Å². The van der Waals surface area contributed by atoms with Gasteiger partial charge in [0.25, 0.3) is 0 Å². The largest absolute Gasteiger partial charge is 0.324 e. The van der Waals surface area contributed by atoms with Crippen LogP contribution in [0.15, 0.2) is 60.7 Å². The fourth-order valence-corrected chi connectivity index (χ4v) is 3.87. The minimum atomic E-state index is -0.503. The molecule has 1 N–H and O–H groups in total. The third-order valence-electron chi connectivity index (χ3n) is 5.19. The van der Waals surface area contributed by atoms with E-state index in [1.165, 1.54) is 24.3 Å². The number of fused-ring (bicyclic) bond motifs is 1. The molecule has 0 atom stereocenters. The molecule has 4 aromatic rings. The van der Waals surface area contributed by atoms with Crippen LogP contribution in [-0.2, 0) is 11.3 Å². The molecule has 0 saturated carbocycles. The lowest BCUT2D eigenvalue weighted by Gasteiger charge is -2.14. The molecular weight excluding hydrogens is 393 g/mol. The van der Waals surface area contributed by atoms with Crippen molar-refractivity contribution in [3.05, 3.63) is 94.6 Å². The molecule has 0 aliphatic heterocycles. The first-order valence-corrected chi connectivity index (χ1v) is 9.96. The van der Waals surface area contributed by atoms with Gasteiger partial charge >= 0.3 is 0 Å². The number of benzene rings is 3. The molecular formula is C25H22FN3O2. The third-order valence-corrected chi connectivity index (χ3v) is 5.19. The zero-order valence-electron chi connectivity index (χ0n) is 17.6. The summed E-state index contributed by atoms with van der Waals surface area (Å²) in [6.45, 7) is 5.81. The second-order valence-corrected chi connectivity index (χ2v) is 7.67. The normalized spacial score (nSPS) is 11.0. The van der Waals surface area contributed by atoms with Gasteiger partial charge in [0.15, 0.2) is 5.82 Å². The molecule has 3 aromatic carbocycles. The first-order valence-electron chi connectivity index (χ1n) is 9.96. The summed E-state index contributed by atoms with van der Waals surface area (Å²) in [4.78, 5) is 30.5. The first kappa shape index (κ1) is 20.5. The monoisotopic (exact) mass is 415 g/mol. The molecule has 0 bridgehead atoms. The molecule has 4 rings (SSSR count). The van der Waals surface area contributed by atoms with E-state index in [2.05, 4.69) is 10.3 Å². The number of carbonyl (C=O) groups excluding carboxylic acids is 2. The van der Waals surface area contributed by atoms with Crippen molar-refractivity contribution in [2.24, 2.45) is 0 Å². The smallest absolute Gasteiger partial charge is 0.244 e. The van der Waals surface area contributed by atoms with E-state index in [-0.39, 0.29) is 23.8 Å². The highest BCUT2D eigenvalue weighted by Gasteiger charge is 2.21. The molecule has 0 spiro atoms. The third kappa shape index (κ3) is 4.10. The summed E-state index contributed by atoms with van der Waals surface area (Å²) in [6, 6.07) is 16.7. The van der Waals surface area contributed by atoms with Gasteiger partial charge < -0.3 is 9.88 Å². The standard InChI is InChI=1S/C25H22FN3O2/c1-15-11-16(2)23(17(3)12-15)28-22(30)14-29-21-10-5-4-9-20(21)27-25(29)24(31)18-7-6-8-19(26)13-18/h4-13H,14H2,1-3H3,(H,28,30). The first-order chi connectivity index (χ1) is 14.8. The minimum absolute atomic E-state index is 0.0936. The van der Waals surface area contributed by atoms with Gasteiger partial charge in [-0.3, -0.25) is 9.59 Å². The Hall–Kier alpha value is -3.80. The van der Waals surface area contributed by atoms with Crippen LogP contribution in [-0.4, -0.2) is 21.2 Å². The molecule has 0 radical (unpaired) electrons. The van der Waals surface area contributed by atoms with Gasteiger partial charge in [-0.15, -0.1) is 0 Å². The van der Waals surface area contributed by atoms with Gasteiger partial charge in [-0.1, -0.05) is 42.0 Å². The summed E-state index contributed by atoms with van der Waals surface area (Å²) in [7, 11) is 0. The van der Waals surface area contributed by atoms with E-state index in [0.29, 0.717) is 11.0 Å². The number of hydrogen-bond acceptors (Lipinski definition) is 3. The summed E-state index contributed by atoms with van der Waals surface area (Å²) in [5, 5.41) is 2.96. The van der Waals surface area contributed by atoms with Crippen LogP contribution in [0.25, 0.3) is 11.0 Å². The van der Waals surface area contributed by atoms with Gasteiger partial charge in [-0.2, -0.15) is 0 Å². The molecule has 156 valence electrons. The van der Waals surface area contributed by atoms with Gasteiger partial charge in [0.2, 0.25) is 11.7 Å². The number of hydrogen-bond donors (Lipinski definition) is 1. The molecule has 0 fully saturated rings. The number of carbonyl (C=O) groups is 2. The molecule has 1 heterocycles. The Balaban J connectivity index is 1.71. The Kier molecular flexibility index (Phi) is 5.38. The lowest BCUT2D eigenvalue weighted by molar-refractivity contribution is -0.116. The SMILES string of the molecule is Cc1cc(C)c(NC(=O)Cn2c(C(=O)c3cccc(F)c3)nc3ccccc32)c(C)c1. The second-order valence-electron chi connectivity index (χ2n) is 7.67. The predicted molar refractivity (Wildman–Crippen MR) is 119 cm³/mol. The number of imidazole rings is 1. The number of anilines is 1. The molecule has 0 unspecified atom stereocenters. The summed E-state index contributed by atoms with van der Waals surface area (Å²) in [5.41, 5.74) is 5.26. The van der Waals surface area contributed by atoms with Crippen molar-refractivity contribution < 1.29 is 14.0 Å². The molecule has 0 saturated heterocycles.